The molecule has 2 fully saturated rings. The van der Waals surface area contributed by atoms with Crippen LogP contribution in [0.25, 0.3) is 0 Å². The molecule has 1 heterocycles. The second-order valence-corrected chi connectivity index (χ2v) is 5.39. The molecule has 1 saturated carbocycles. The number of rotatable bonds is 2. The van der Waals surface area contributed by atoms with Gasteiger partial charge in [0, 0.05) is 18.5 Å². The van der Waals surface area contributed by atoms with Crippen LogP contribution in [0.2, 0.25) is 0 Å². The first-order chi connectivity index (χ1) is 7.15. The summed E-state index contributed by atoms with van der Waals surface area (Å²) < 4.78 is 0. The van der Waals surface area contributed by atoms with Crippen LogP contribution in [0, 0.1) is 11.3 Å². The van der Waals surface area contributed by atoms with Gasteiger partial charge in [-0.1, -0.05) is 13.3 Å². The summed E-state index contributed by atoms with van der Waals surface area (Å²) in [5.41, 5.74) is 5.63. The fourth-order valence-corrected chi connectivity index (χ4v) is 2.67. The molecule has 1 aliphatic heterocycles. The van der Waals surface area contributed by atoms with Crippen molar-refractivity contribution in [3.05, 3.63) is 0 Å². The summed E-state index contributed by atoms with van der Waals surface area (Å²) >= 11 is 0. The van der Waals surface area contributed by atoms with E-state index in [9.17, 15) is 4.79 Å². The molecule has 1 amide bonds. The van der Waals surface area contributed by atoms with Gasteiger partial charge < -0.3 is 10.6 Å². The summed E-state index contributed by atoms with van der Waals surface area (Å²) in [5, 5.41) is 0. The highest BCUT2D eigenvalue weighted by atomic mass is 35.5. The van der Waals surface area contributed by atoms with Gasteiger partial charge in [-0.2, -0.15) is 0 Å². The third-order valence-corrected chi connectivity index (χ3v) is 4.21. The summed E-state index contributed by atoms with van der Waals surface area (Å²) in [4.78, 5) is 14.3. The lowest BCUT2D eigenvalue weighted by Gasteiger charge is -2.43. The topological polar surface area (TPSA) is 46.3 Å². The average Bonchev–Trinajstić information content (AvgIpc) is 2.25. The monoisotopic (exact) mass is 246 g/mol. The SMILES string of the molecule is CC1(C(=O)N2CCC(CN)CC2)CCC1.Cl. The fourth-order valence-electron chi connectivity index (χ4n) is 2.67. The van der Waals surface area contributed by atoms with Crippen LogP contribution in [0.4, 0.5) is 0 Å². The van der Waals surface area contributed by atoms with Crippen LogP contribution < -0.4 is 5.73 Å². The third-order valence-electron chi connectivity index (χ3n) is 4.21. The number of halogens is 1. The van der Waals surface area contributed by atoms with Crippen molar-refractivity contribution < 1.29 is 4.79 Å². The van der Waals surface area contributed by atoms with E-state index in [0.29, 0.717) is 11.8 Å². The molecular weight excluding hydrogens is 224 g/mol. The van der Waals surface area contributed by atoms with Crippen LogP contribution in [0.5, 0.6) is 0 Å². The van der Waals surface area contributed by atoms with Gasteiger partial charge in [-0.15, -0.1) is 12.4 Å². The van der Waals surface area contributed by atoms with E-state index in [0.717, 1.165) is 45.3 Å². The van der Waals surface area contributed by atoms with Crippen LogP contribution in [0.3, 0.4) is 0 Å². The molecule has 1 saturated heterocycles. The van der Waals surface area contributed by atoms with Gasteiger partial charge >= 0.3 is 0 Å². The fraction of sp³-hybridized carbons (Fsp3) is 0.917. The number of nitrogens with zero attached hydrogens (tertiary/aromatic N) is 1. The molecule has 3 nitrogen and oxygen atoms in total. The van der Waals surface area contributed by atoms with Gasteiger partial charge in [-0.25, -0.2) is 0 Å². The predicted octanol–water partition coefficient (Wildman–Crippen LogP) is 1.80. The van der Waals surface area contributed by atoms with Crippen molar-refractivity contribution in [2.24, 2.45) is 17.1 Å². The maximum absolute atomic E-state index is 12.2. The van der Waals surface area contributed by atoms with Crippen LogP contribution in [-0.4, -0.2) is 30.4 Å². The number of hydrogen-bond acceptors (Lipinski definition) is 2. The summed E-state index contributed by atoms with van der Waals surface area (Å²) in [7, 11) is 0. The van der Waals surface area contributed by atoms with E-state index in [1.54, 1.807) is 0 Å². The van der Waals surface area contributed by atoms with Crippen molar-refractivity contribution in [3.8, 4) is 0 Å². The zero-order valence-corrected chi connectivity index (χ0v) is 10.9. The molecule has 0 aromatic carbocycles. The minimum absolute atomic E-state index is 0. The Morgan fingerprint density at radius 3 is 2.31 bits per heavy atom. The highest BCUT2D eigenvalue weighted by molar-refractivity contribution is 5.85. The molecule has 2 N–H and O–H groups in total. The Morgan fingerprint density at radius 1 is 1.38 bits per heavy atom. The zero-order chi connectivity index (χ0) is 10.9. The number of likely N-dealkylation sites (tertiary alicyclic amines) is 1. The van der Waals surface area contributed by atoms with E-state index in [1.165, 1.54) is 6.42 Å². The summed E-state index contributed by atoms with van der Waals surface area (Å²) in [6, 6.07) is 0. The minimum Gasteiger partial charge on any atom is -0.342 e. The van der Waals surface area contributed by atoms with E-state index in [4.69, 9.17) is 5.73 Å². The summed E-state index contributed by atoms with van der Waals surface area (Å²) in [6.45, 7) is 4.75. The molecule has 0 bridgehead atoms. The molecule has 4 heteroatoms. The van der Waals surface area contributed by atoms with Crippen LogP contribution in [0.1, 0.15) is 39.0 Å². The van der Waals surface area contributed by atoms with E-state index < -0.39 is 0 Å². The Bertz CT molecular complexity index is 245. The van der Waals surface area contributed by atoms with E-state index >= 15 is 0 Å². The lowest BCUT2D eigenvalue weighted by molar-refractivity contribution is -0.147. The van der Waals surface area contributed by atoms with Crippen LogP contribution >= 0.6 is 12.4 Å². The average molecular weight is 247 g/mol. The lowest BCUT2D eigenvalue weighted by Crippen LogP contribution is -2.49. The molecule has 0 aromatic rings. The van der Waals surface area contributed by atoms with E-state index in [-0.39, 0.29) is 17.8 Å². The quantitative estimate of drug-likeness (QED) is 0.808. The third kappa shape index (κ3) is 2.51. The molecule has 0 radical (unpaired) electrons. The number of carbonyl (C=O) groups excluding carboxylic acids is 1. The van der Waals surface area contributed by atoms with Gasteiger partial charge in [-0.3, -0.25) is 4.79 Å². The predicted molar refractivity (Wildman–Crippen MR) is 67.6 cm³/mol. The van der Waals surface area contributed by atoms with Crippen LogP contribution in [0.15, 0.2) is 0 Å². The Balaban J connectivity index is 0.00000128. The van der Waals surface area contributed by atoms with Crippen molar-refractivity contribution in [2.75, 3.05) is 19.6 Å². The Morgan fingerprint density at radius 2 is 1.94 bits per heavy atom. The largest absolute Gasteiger partial charge is 0.342 e. The van der Waals surface area contributed by atoms with Crippen molar-refractivity contribution >= 4 is 18.3 Å². The van der Waals surface area contributed by atoms with Gasteiger partial charge in [0.05, 0.1) is 0 Å². The number of piperidine rings is 1. The van der Waals surface area contributed by atoms with Gasteiger partial charge in [-0.05, 0) is 38.1 Å². The molecule has 16 heavy (non-hydrogen) atoms. The molecule has 0 spiro atoms. The molecular formula is C12H23ClN2O. The minimum atomic E-state index is -0.0183. The van der Waals surface area contributed by atoms with Crippen molar-refractivity contribution in [2.45, 2.75) is 39.0 Å². The van der Waals surface area contributed by atoms with Gasteiger partial charge in [0.1, 0.15) is 0 Å². The zero-order valence-electron chi connectivity index (χ0n) is 10.1. The molecule has 94 valence electrons. The highest BCUT2D eigenvalue weighted by Gasteiger charge is 2.42. The molecule has 2 rings (SSSR count). The molecule has 1 aliphatic carbocycles. The van der Waals surface area contributed by atoms with E-state index in [1.807, 2.05) is 0 Å². The van der Waals surface area contributed by atoms with Gasteiger partial charge in [0.15, 0.2) is 0 Å². The highest BCUT2D eigenvalue weighted by Crippen LogP contribution is 2.42. The van der Waals surface area contributed by atoms with E-state index in [2.05, 4.69) is 11.8 Å². The Kier molecular flexibility index (Phi) is 4.62. The number of amides is 1. The first kappa shape index (κ1) is 13.8. The maximum Gasteiger partial charge on any atom is 0.228 e. The second-order valence-electron chi connectivity index (χ2n) is 5.39. The summed E-state index contributed by atoms with van der Waals surface area (Å²) in [5.74, 6) is 1.03. The Labute approximate surface area is 104 Å². The second kappa shape index (κ2) is 5.37. The number of nitrogens with two attached hydrogens (primary N) is 1. The van der Waals surface area contributed by atoms with Gasteiger partial charge in [0.2, 0.25) is 5.91 Å². The van der Waals surface area contributed by atoms with Crippen molar-refractivity contribution in [1.29, 1.82) is 0 Å². The standard InChI is InChI=1S/C12H22N2O.ClH/c1-12(5-2-6-12)11(15)14-7-3-10(9-13)4-8-14;/h10H,2-9,13H2,1H3;1H. The Hall–Kier alpha value is -0.280. The van der Waals surface area contributed by atoms with Crippen molar-refractivity contribution in [1.82, 2.24) is 4.90 Å². The smallest absolute Gasteiger partial charge is 0.228 e. The maximum atomic E-state index is 12.2. The molecule has 0 aromatic heterocycles. The normalized spacial score (nSPS) is 24.5. The van der Waals surface area contributed by atoms with Crippen LogP contribution in [-0.2, 0) is 4.79 Å². The molecule has 0 atom stereocenters. The van der Waals surface area contributed by atoms with Gasteiger partial charge in [0.25, 0.3) is 0 Å². The molecule has 0 unspecified atom stereocenters. The number of carbonyl (C=O) groups is 1. The number of hydrogen-bond donors (Lipinski definition) is 1. The lowest BCUT2D eigenvalue weighted by atomic mass is 9.69. The first-order valence-electron chi connectivity index (χ1n) is 6.15. The van der Waals surface area contributed by atoms with Crippen molar-refractivity contribution in [3.63, 3.8) is 0 Å². The first-order valence-corrected chi connectivity index (χ1v) is 6.15. The summed E-state index contributed by atoms with van der Waals surface area (Å²) in [6.07, 6.45) is 5.59. The molecule has 2 aliphatic rings.